The molecule has 3 heteroatoms. The molecule has 0 fully saturated rings. The van der Waals surface area contributed by atoms with Crippen molar-refractivity contribution in [1.29, 1.82) is 0 Å². The van der Waals surface area contributed by atoms with Crippen LogP contribution in [-0.2, 0) is 0 Å². The van der Waals surface area contributed by atoms with Gasteiger partial charge in [0.25, 0.3) is 0 Å². The van der Waals surface area contributed by atoms with Gasteiger partial charge in [0, 0.05) is 5.56 Å². The summed E-state index contributed by atoms with van der Waals surface area (Å²) in [5.74, 6) is -0.213. The highest BCUT2D eigenvalue weighted by Gasteiger charge is 2.09. The Bertz CT molecular complexity index is 671. The zero-order chi connectivity index (χ0) is 11.8. The predicted octanol–water partition coefficient (Wildman–Crippen LogP) is 3.45. The van der Waals surface area contributed by atoms with Gasteiger partial charge in [-0.2, -0.15) is 0 Å². The molecule has 0 aliphatic rings. The van der Waals surface area contributed by atoms with Crippen LogP contribution in [-0.4, -0.2) is 9.38 Å². The second-order valence-electron chi connectivity index (χ2n) is 3.98. The summed E-state index contributed by atoms with van der Waals surface area (Å²) in [7, 11) is 0. The lowest BCUT2D eigenvalue weighted by Crippen LogP contribution is -1.93. The second kappa shape index (κ2) is 3.70. The SMILES string of the molecule is Cc1c(F)ccc2c(-c3ccccc3)ncn12. The summed E-state index contributed by atoms with van der Waals surface area (Å²) in [5.41, 5.74) is 3.43. The van der Waals surface area contributed by atoms with Gasteiger partial charge in [0.1, 0.15) is 12.1 Å². The van der Waals surface area contributed by atoms with Gasteiger partial charge >= 0.3 is 0 Å². The number of benzene rings is 1. The molecule has 0 saturated heterocycles. The first-order valence-electron chi connectivity index (χ1n) is 5.45. The number of aromatic nitrogens is 2. The number of halogens is 1. The van der Waals surface area contributed by atoms with Gasteiger partial charge in [0.05, 0.1) is 16.9 Å². The molecule has 0 spiro atoms. The summed E-state index contributed by atoms with van der Waals surface area (Å²) in [5, 5.41) is 0. The van der Waals surface area contributed by atoms with Crippen LogP contribution in [0.2, 0.25) is 0 Å². The van der Waals surface area contributed by atoms with E-state index in [-0.39, 0.29) is 5.82 Å². The first kappa shape index (κ1) is 10.0. The third-order valence-electron chi connectivity index (χ3n) is 2.95. The molecule has 3 aromatic rings. The Morgan fingerprint density at radius 1 is 1.06 bits per heavy atom. The third-order valence-corrected chi connectivity index (χ3v) is 2.95. The Kier molecular flexibility index (Phi) is 2.18. The minimum Gasteiger partial charge on any atom is -0.300 e. The van der Waals surface area contributed by atoms with E-state index in [0.29, 0.717) is 5.69 Å². The van der Waals surface area contributed by atoms with E-state index in [2.05, 4.69) is 4.98 Å². The van der Waals surface area contributed by atoms with Crippen molar-refractivity contribution in [3.63, 3.8) is 0 Å². The highest BCUT2D eigenvalue weighted by molar-refractivity contribution is 5.77. The lowest BCUT2D eigenvalue weighted by molar-refractivity contribution is 0.606. The molecule has 0 bridgehead atoms. The molecular formula is C14H11FN2. The lowest BCUT2D eigenvalue weighted by atomic mass is 10.1. The highest BCUT2D eigenvalue weighted by atomic mass is 19.1. The van der Waals surface area contributed by atoms with Gasteiger partial charge in [-0.3, -0.25) is 4.40 Å². The molecule has 0 atom stereocenters. The van der Waals surface area contributed by atoms with Crippen LogP contribution in [0.4, 0.5) is 4.39 Å². The summed E-state index contributed by atoms with van der Waals surface area (Å²) >= 11 is 0. The summed E-state index contributed by atoms with van der Waals surface area (Å²) in [6.45, 7) is 1.75. The van der Waals surface area contributed by atoms with Gasteiger partial charge in [-0.25, -0.2) is 9.37 Å². The third kappa shape index (κ3) is 1.51. The molecule has 0 amide bonds. The van der Waals surface area contributed by atoms with Crippen LogP contribution >= 0.6 is 0 Å². The van der Waals surface area contributed by atoms with Crippen LogP contribution in [0.25, 0.3) is 16.8 Å². The summed E-state index contributed by atoms with van der Waals surface area (Å²) in [6, 6.07) is 13.2. The molecule has 1 aromatic carbocycles. The summed E-state index contributed by atoms with van der Waals surface area (Å²) < 4.78 is 15.2. The van der Waals surface area contributed by atoms with Crippen molar-refractivity contribution in [1.82, 2.24) is 9.38 Å². The molecule has 17 heavy (non-hydrogen) atoms. The number of pyridine rings is 1. The van der Waals surface area contributed by atoms with Crippen LogP contribution in [0.1, 0.15) is 5.69 Å². The minimum atomic E-state index is -0.213. The van der Waals surface area contributed by atoms with Crippen molar-refractivity contribution in [2.45, 2.75) is 6.92 Å². The second-order valence-corrected chi connectivity index (χ2v) is 3.98. The van der Waals surface area contributed by atoms with E-state index in [1.54, 1.807) is 23.7 Å². The van der Waals surface area contributed by atoms with E-state index >= 15 is 0 Å². The standard InChI is InChI=1S/C14H11FN2/c1-10-12(15)7-8-13-14(16-9-17(10)13)11-5-3-2-4-6-11/h2-9H,1H3. The number of imidazole rings is 1. The maximum atomic E-state index is 13.4. The van der Waals surface area contributed by atoms with Gasteiger partial charge < -0.3 is 0 Å². The zero-order valence-corrected chi connectivity index (χ0v) is 9.39. The van der Waals surface area contributed by atoms with Crippen LogP contribution in [0, 0.1) is 12.7 Å². The van der Waals surface area contributed by atoms with Crippen molar-refractivity contribution < 1.29 is 4.39 Å². The average Bonchev–Trinajstić information content (AvgIpc) is 2.79. The largest absolute Gasteiger partial charge is 0.300 e. The summed E-state index contributed by atoms with van der Waals surface area (Å²) in [4.78, 5) is 4.36. The smallest absolute Gasteiger partial charge is 0.142 e. The fourth-order valence-corrected chi connectivity index (χ4v) is 1.99. The molecular weight excluding hydrogens is 215 g/mol. The van der Waals surface area contributed by atoms with Crippen LogP contribution < -0.4 is 0 Å². The number of hydrogen-bond donors (Lipinski definition) is 0. The molecule has 0 saturated carbocycles. The summed E-state index contributed by atoms with van der Waals surface area (Å²) in [6.07, 6.45) is 1.66. The Morgan fingerprint density at radius 3 is 2.59 bits per heavy atom. The maximum Gasteiger partial charge on any atom is 0.142 e. The van der Waals surface area contributed by atoms with Gasteiger partial charge in [0.15, 0.2) is 0 Å². The van der Waals surface area contributed by atoms with E-state index in [0.717, 1.165) is 16.8 Å². The molecule has 3 rings (SSSR count). The Balaban J connectivity index is 2.30. The van der Waals surface area contributed by atoms with Crippen molar-refractivity contribution >= 4 is 5.52 Å². The first-order chi connectivity index (χ1) is 8.27. The molecule has 2 aromatic heterocycles. The number of fused-ring (bicyclic) bond motifs is 1. The predicted molar refractivity (Wildman–Crippen MR) is 65.3 cm³/mol. The molecule has 0 aliphatic heterocycles. The van der Waals surface area contributed by atoms with E-state index < -0.39 is 0 Å². The van der Waals surface area contributed by atoms with E-state index in [1.165, 1.54) is 6.07 Å². The van der Waals surface area contributed by atoms with Gasteiger partial charge in [-0.1, -0.05) is 30.3 Å². The number of rotatable bonds is 1. The molecule has 84 valence electrons. The van der Waals surface area contributed by atoms with Crippen LogP contribution in [0.3, 0.4) is 0 Å². The van der Waals surface area contributed by atoms with Crippen molar-refractivity contribution in [2.24, 2.45) is 0 Å². The zero-order valence-electron chi connectivity index (χ0n) is 9.39. The molecule has 0 unspecified atom stereocenters. The molecule has 0 radical (unpaired) electrons. The van der Waals surface area contributed by atoms with Crippen molar-refractivity contribution in [2.75, 3.05) is 0 Å². The highest BCUT2D eigenvalue weighted by Crippen LogP contribution is 2.24. The minimum absolute atomic E-state index is 0.213. The fraction of sp³-hybridized carbons (Fsp3) is 0.0714. The number of hydrogen-bond acceptors (Lipinski definition) is 1. The lowest BCUT2D eigenvalue weighted by Gasteiger charge is -2.02. The first-order valence-corrected chi connectivity index (χ1v) is 5.45. The van der Waals surface area contributed by atoms with E-state index in [9.17, 15) is 4.39 Å². The Morgan fingerprint density at radius 2 is 1.82 bits per heavy atom. The molecule has 2 nitrogen and oxygen atoms in total. The molecule has 0 aliphatic carbocycles. The van der Waals surface area contributed by atoms with Gasteiger partial charge in [-0.05, 0) is 19.1 Å². The maximum absolute atomic E-state index is 13.4. The van der Waals surface area contributed by atoms with Crippen LogP contribution in [0.15, 0.2) is 48.8 Å². The van der Waals surface area contributed by atoms with Gasteiger partial charge in [-0.15, -0.1) is 0 Å². The van der Waals surface area contributed by atoms with Crippen LogP contribution in [0.5, 0.6) is 0 Å². The quantitative estimate of drug-likeness (QED) is 0.621. The van der Waals surface area contributed by atoms with Crippen molar-refractivity contribution in [3.8, 4) is 11.3 Å². The Labute approximate surface area is 98.4 Å². The topological polar surface area (TPSA) is 17.3 Å². The monoisotopic (exact) mass is 226 g/mol. The number of nitrogens with zero attached hydrogens (tertiary/aromatic N) is 2. The average molecular weight is 226 g/mol. The van der Waals surface area contributed by atoms with Gasteiger partial charge in [0.2, 0.25) is 0 Å². The molecule has 2 heterocycles. The Hall–Kier alpha value is -2.16. The normalized spacial score (nSPS) is 10.9. The van der Waals surface area contributed by atoms with Crippen molar-refractivity contribution in [3.05, 3.63) is 60.3 Å². The van der Waals surface area contributed by atoms with E-state index in [4.69, 9.17) is 0 Å². The fourth-order valence-electron chi connectivity index (χ4n) is 1.99. The molecule has 0 N–H and O–H groups in total. The number of aryl methyl sites for hydroxylation is 1. The van der Waals surface area contributed by atoms with E-state index in [1.807, 2.05) is 30.3 Å².